The molecule has 0 saturated carbocycles. The van der Waals surface area contributed by atoms with E-state index in [9.17, 15) is 23.1 Å². The molecule has 0 spiro atoms. The summed E-state index contributed by atoms with van der Waals surface area (Å²) in [6, 6.07) is 4.00. The minimum atomic E-state index is -3.83. The number of sulfonamides is 1. The first-order valence-electron chi connectivity index (χ1n) is 9.15. The lowest BCUT2D eigenvalue weighted by molar-refractivity contribution is -0.122. The van der Waals surface area contributed by atoms with Gasteiger partial charge in [-0.1, -0.05) is 19.9 Å². The molecule has 0 bridgehead atoms. The van der Waals surface area contributed by atoms with Crippen LogP contribution < -0.4 is 11.1 Å². The Kier molecular flexibility index (Phi) is 7.50. The fourth-order valence-electron chi connectivity index (χ4n) is 3.03. The van der Waals surface area contributed by atoms with Crippen LogP contribution in [0.4, 0.5) is 0 Å². The predicted octanol–water partition coefficient (Wildman–Crippen LogP) is -0.326. The Morgan fingerprint density at radius 2 is 2.18 bits per heavy atom. The summed E-state index contributed by atoms with van der Waals surface area (Å²) in [5, 5.41) is 13.2. The maximum Gasteiger partial charge on any atom is 0.260 e. The van der Waals surface area contributed by atoms with Crippen molar-refractivity contribution in [1.29, 1.82) is 0 Å². The Labute approximate surface area is 165 Å². The highest BCUT2D eigenvalue weighted by Crippen LogP contribution is 2.23. The molecule has 1 fully saturated rings. The van der Waals surface area contributed by atoms with Crippen LogP contribution in [-0.2, 0) is 19.6 Å². The number of hydrogen-bond acceptors (Lipinski definition) is 6. The molecule has 2 rings (SSSR count). The number of rotatable bonds is 7. The van der Waals surface area contributed by atoms with Crippen molar-refractivity contribution in [2.75, 3.05) is 13.1 Å². The largest absolute Gasteiger partial charge is 0.390 e. The monoisotopic (exact) mass is 411 g/mol. The van der Waals surface area contributed by atoms with Gasteiger partial charge in [-0.2, -0.15) is 4.31 Å². The van der Waals surface area contributed by atoms with Crippen LogP contribution >= 0.6 is 0 Å². The summed E-state index contributed by atoms with van der Waals surface area (Å²) in [6.45, 7) is 3.53. The second-order valence-electron chi connectivity index (χ2n) is 7.14. The Balaban J connectivity index is 2.04. The van der Waals surface area contributed by atoms with Gasteiger partial charge in [0.1, 0.15) is 0 Å². The number of carbonyl (C=O) groups is 2. The lowest BCUT2D eigenvalue weighted by Gasteiger charge is -2.27. The fourth-order valence-corrected chi connectivity index (χ4v) is 4.44. The highest BCUT2D eigenvalue weighted by molar-refractivity contribution is 7.89. The number of aliphatic hydroxyl groups is 1. The van der Waals surface area contributed by atoms with E-state index in [1.54, 1.807) is 19.1 Å². The number of β-amino-alcohol motifs (C(OH)–C–C–N with tert-alkyl or cyclic N) is 1. The highest BCUT2D eigenvalue weighted by Gasteiger charge is 2.37. The van der Waals surface area contributed by atoms with E-state index >= 15 is 0 Å². The van der Waals surface area contributed by atoms with Crippen LogP contribution in [0.15, 0.2) is 29.4 Å². The van der Waals surface area contributed by atoms with Crippen LogP contribution in [0.25, 0.3) is 0 Å². The lowest BCUT2D eigenvalue weighted by Crippen LogP contribution is -2.49. The van der Waals surface area contributed by atoms with Crippen LogP contribution in [0, 0.1) is 18.3 Å². The molecule has 0 aliphatic carbocycles. The summed E-state index contributed by atoms with van der Waals surface area (Å²) in [5.41, 5.74) is 5.18. The van der Waals surface area contributed by atoms with Gasteiger partial charge < -0.3 is 16.2 Å². The third-order valence-corrected chi connectivity index (χ3v) is 6.73. The summed E-state index contributed by atoms with van der Waals surface area (Å²) >= 11 is 0. The number of primary amides is 1. The normalized spacial score (nSPS) is 24.9. The lowest BCUT2D eigenvalue weighted by atomic mass is 9.94. The molecule has 1 saturated heterocycles. The number of hydrogen-bond donors (Lipinski definition) is 3. The Bertz CT molecular complexity index is 786. The van der Waals surface area contributed by atoms with Crippen molar-refractivity contribution >= 4 is 21.8 Å². The molecule has 1 aliphatic heterocycles. The second-order valence-corrected chi connectivity index (χ2v) is 9.03. The van der Waals surface area contributed by atoms with Crippen molar-refractivity contribution in [3.8, 4) is 0 Å². The fraction of sp³-hybridized carbons (Fsp3) is 0.556. The highest BCUT2D eigenvalue weighted by atomic mass is 32.2. The second kappa shape index (κ2) is 9.44. The standard InChI is InChI=1S/C18H27N4O5S/c1-12-8-10-22(28(26,27)16-5-3-4-9-20-16)11-14(23)17(12)21-15(24)7-6-13(2)18(19)25/h3-5,7,9,12-14,17,23H,6,8,10-11H2,1-2H3,(H2,19,25)(H,21,24)/t12?,13?,14-,17?/m0/s1. The molecule has 4 atom stereocenters. The molecule has 1 aromatic rings. The molecule has 4 N–H and O–H groups in total. The van der Waals surface area contributed by atoms with E-state index in [2.05, 4.69) is 10.3 Å². The first kappa shape index (κ1) is 22.3. The van der Waals surface area contributed by atoms with Crippen molar-refractivity contribution in [2.45, 2.75) is 43.9 Å². The number of nitrogens with two attached hydrogens (primary N) is 1. The summed E-state index contributed by atoms with van der Waals surface area (Å²) in [5.74, 6) is -1.54. The molecule has 10 heteroatoms. The van der Waals surface area contributed by atoms with Crippen molar-refractivity contribution in [3.05, 3.63) is 30.8 Å². The van der Waals surface area contributed by atoms with Crippen LogP contribution in [0.2, 0.25) is 0 Å². The third-order valence-electron chi connectivity index (χ3n) is 4.95. The van der Waals surface area contributed by atoms with Gasteiger partial charge in [-0.25, -0.2) is 13.4 Å². The van der Waals surface area contributed by atoms with E-state index in [0.29, 0.717) is 6.42 Å². The van der Waals surface area contributed by atoms with Gasteiger partial charge in [0.15, 0.2) is 5.03 Å². The SMILES string of the molecule is CC(C[CH]C(=O)NC1C(C)CCN(S(=O)(=O)c2ccccn2)C[C@@H]1O)C(N)=O. The van der Waals surface area contributed by atoms with Crippen LogP contribution in [0.1, 0.15) is 26.7 Å². The zero-order valence-electron chi connectivity index (χ0n) is 16.0. The minimum absolute atomic E-state index is 0.0777. The van der Waals surface area contributed by atoms with E-state index in [1.807, 2.05) is 6.92 Å². The molecular formula is C18H27N4O5S. The van der Waals surface area contributed by atoms with Gasteiger partial charge in [0.05, 0.1) is 18.6 Å². The molecule has 1 aliphatic rings. The predicted molar refractivity (Wildman–Crippen MR) is 102 cm³/mol. The molecule has 28 heavy (non-hydrogen) atoms. The third kappa shape index (κ3) is 5.49. The van der Waals surface area contributed by atoms with E-state index in [-0.39, 0.29) is 30.5 Å². The first-order chi connectivity index (χ1) is 13.1. The molecular weight excluding hydrogens is 384 g/mol. The molecule has 155 valence electrons. The van der Waals surface area contributed by atoms with Gasteiger partial charge in [-0.15, -0.1) is 0 Å². The van der Waals surface area contributed by atoms with E-state index < -0.39 is 39.9 Å². The zero-order valence-corrected chi connectivity index (χ0v) is 16.8. The molecule has 1 radical (unpaired) electrons. The van der Waals surface area contributed by atoms with Crippen LogP contribution in [0.5, 0.6) is 0 Å². The van der Waals surface area contributed by atoms with Gasteiger partial charge in [-0.3, -0.25) is 9.59 Å². The Hall–Kier alpha value is -2.04. The number of carbonyl (C=O) groups excluding carboxylic acids is 2. The quantitative estimate of drug-likeness (QED) is 0.561. The first-order valence-corrected chi connectivity index (χ1v) is 10.6. The summed E-state index contributed by atoms with van der Waals surface area (Å²) in [4.78, 5) is 27.1. The number of aliphatic hydroxyl groups excluding tert-OH is 1. The number of pyridine rings is 1. The maximum atomic E-state index is 12.8. The number of nitrogens with zero attached hydrogens (tertiary/aromatic N) is 2. The number of aromatic nitrogens is 1. The smallest absolute Gasteiger partial charge is 0.260 e. The zero-order chi connectivity index (χ0) is 20.9. The summed E-state index contributed by atoms with van der Waals surface area (Å²) in [7, 11) is -3.83. The Morgan fingerprint density at radius 3 is 2.79 bits per heavy atom. The topological polar surface area (TPSA) is 143 Å². The maximum absolute atomic E-state index is 12.8. The molecule has 2 amide bonds. The van der Waals surface area contributed by atoms with Crippen molar-refractivity contribution in [2.24, 2.45) is 17.6 Å². The summed E-state index contributed by atoms with van der Waals surface area (Å²) < 4.78 is 26.8. The number of amides is 2. The molecule has 2 heterocycles. The van der Waals surface area contributed by atoms with Crippen molar-refractivity contribution in [3.63, 3.8) is 0 Å². The van der Waals surface area contributed by atoms with Gasteiger partial charge in [-0.05, 0) is 30.9 Å². The molecule has 9 nitrogen and oxygen atoms in total. The van der Waals surface area contributed by atoms with Crippen molar-refractivity contribution < 1.29 is 23.1 Å². The van der Waals surface area contributed by atoms with Crippen LogP contribution in [0.3, 0.4) is 0 Å². The Morgan fingerprint density at radius 1 is 1.46 bits per heavy atom. The van der Waals surface area contributed by atoms with Crippen molar-refractivity contribution in [1.82, 2.24) is 14.6 Å². The minimum Gasteiger partial charge on any atom is -0.390 e. The molecule has 1 aromatic heterocycles. The average molecular weight is 412 g/mol. The van der Waals surface area contributed by atoms with Gasteiger partial charge in [0, 0.05) is 25.2 Å². The number of nitrogens with one attached hydrogen (secondary N) is 1. The van der Waals surface area contributed by atoms with Gasteiger partial charge >= 0.3 is 0 Å². The van der Waals surface area contributed by atoms with E-state index in [0.717, 1.165) is 0 Å². The molecule has 0 aromatic carbocycles. The van der Waals surface area contributed by atoms with E-state index in [1.165, 1.54) is 23.0 Å². The van der Waals surface area contributed by atoms with E-state index in [4.69, 9.17) is 5.73 Å². The molecule has 3 unspecified atom stereocenters. The summed E-state index contributed by atoms with van der Waals surface area (Å²) in [6.07, 6.45) is 2.30. The van der Waals surface area contributed by atoms with Gasteiger partial charge in [0.2, 0.25) is 11.8 Å². The van der Waals surface area contributed by atoms with Gasteiger partial charge in [0.25, 0.3) is 10.0 Å². The van der Waals surface area contributed by atoms with Crippen LogP contribution in [-0.4, -0.2) is 59.9 Å². The average Bonchev–Trinajstić information content (AvgIpc) is 2.80.